The standard InChI is InChI=1S/C13H23N3O/c1-4-10(2)12-8-16(6-5-14-12)9-13-15-7-11(3)17-13/h7,10,12,14H,4-6,8-9H2,1-3H3. The van der Waals surface area contributed by atoms with E-state index in [0.717, 1.165) is 43.7 Å². The summed E-state index contributed by atoms with van der Waals surface area (Å²) in [6.45, 7) is 10.6. The van der Waals surface area contributed by atoms with Crippen LogP contribution >= 0.6 is 0 Å². The van der Waals surface area contributed by atoms with E-state index in [0.29, 0.717) is 6.04 Å². The molecule has 1 N–H and O–H groups in total. The van der Waals surface area contributed by atoms with Gasteiger partial charge in [0.2, 0.25) is 5.89 Å². The Morgan fingerprint density at radius 1 is 1.65 bits per heavy atom. The summed E-state index contributed by atoms with van der Waals surface area (Å²) in [5, 5.41) is 3.60. The van der Waals surface area contributed by atoms with Crippen molar-refractivity contribution >= 4 is 0 Å². The normalized spacial score (nSPS) is 23.8. The zero-order valence-electron chi connectivity index (χ0n) is 11.1. The Bertz CT molecular complexity index is 350. The smallest absolute Gasteiger partial charge is 0.208 e. The lowest BCUT2D eigenvalue weighted by Gasteiger charge is -2.35. The Hall–Kier alpha value is -0.870. The molecule has 0 radical (unpaired) electrons. The molecule has 0 amide bonds. The predicted octanol–water partition coefficient (Wildman–Crippen LogP) is 1.80. The highest BCUT2D eigenvalue weighted by Gasteiger charge is 2.23. The Morgan fingerprint density at radius 3 is 3.12 bits per heavy atom. The van der Waals surface area contributed by atoms with Gasteiger partial charge in [-0.15, -0.1) is 0 Å². The maximum absolute atomic E-state index is 5.54. The van der Waals surface area contributed by atoms with Crippen LogP contribution in [-0.2, 0) is 6.54 Å². The third-order valence-electron chi connectivity index (χ3n) is 3.65. The molecule has 0 bridgehead atoms. The van der Waals surface area contributed by atoms with E-state index in [1.165, 1.54) is 6.42 Å². The number of nitrogens with zero attached hydrogens (tertiary/aromatic N) is 2. The largest absolute Gasteiger partial charge is 0.445 e. The van der Waals surface area contributed by atoms with Gasteiger partial charge in [-0.2, -0.15) is 0 Å². The maximum Gasteiger partial charge on any atom is 0.208 e. The molecule has 1 aromatic rings. The van der Waals surface area contributed by atoms with Gasteiger partial charge >= 0.3 is 0 Å². The second-order valence-electron chi connectivity index (χ2n) is 5.05. The van der Waals surface area contributed by atoms with Gasteiger partial charge in [0.15, 0.2) is 0 Å². The van der Waals surface area contributed by atoms with Crippen LogP contribution in [0.25, 0.3) is 0 Å². The lowest BCUT2D eigenvalue weighted by molar-refractivity contribution is 0.150. The molecule has 17 heavy (non-hydrogen) atoms. The minimum absolute atomic E-state index is 0.602. The fourth-order valence-electron chi connectivity index (χ4n) is 2.32. The van der Waals surface area contributed by atoms with Crippen molar-refractivity contribution in [3.8, 4) is 0 Å². The van der Waals surface area contributed by atoms with Crippen molar-refractivity contribution in [3.63, 3.8) is 0 Å². The quantitative estimate of drug-likeness (QED) is 0.867. The monoisotopic (exact) mass is 237 g/mol. The van der Waals surface area contributed by atoms with Crippen molar-refractivity contribution < 1.29 is 4.42 Å². The Labute approximate surface area is 103 Å². The molecular weight excluding hydrogens is 214 g/mol. The van der Waals surface area contributed by atoms with Crippen LogP contribution in [0.3, 0.4) is 0 Å². The molecule has 4 heteroatoms. The number of piperazine rings is 1. The van der Waals surface area contributed by atoms with Gasteiger partial charge in [-0.25, -0.2) is 4.98 Å². The van der Waals surface area contributed by atoms with E-state index in [9.17, 15) is 0 Å². The van der Waals surface area contributed by atoms with Crippen LogP contribution in [0.15, 0.2) is 10.6 Å². The summed E-state index contributed by atoms with van der Waals surface area (Å²) in [6, 6.07) is 0.602. The highest BCUT2D eigenvalue weighted by atomic mass is 16.4. The molecular formula is C13H23N3O. The van der Waals surface area contributed by atoms with Crippen LogP contribution in [0.4, 0.5) is 0 Å². The second kappa shape index (κ2) is 5.65. The maximum atomic E-state index is 5.54. The number of hydrogen-bond donors (Lipinski definition) is 1. The molecule has 4 nitrogen and oxygen atoms in total. The van der Waals surface area contributed by atoms with Crippen molar-refractivity contribution in [3.05, 3.63) is 17.8 Å². The number of hydrogen-bond acceptors (Lipinski definition) is 4. The number of aryl methyl sites for hydroxylation is 1. The van der Waals surface area contributed by atoms with E-state index in [1.54, 1.807) is 6.20 Å². The molecule has 0 aliphatic carbocycles. The highest BCUT2D eigenvalue weighted by molar-refractivity contribution is 4.92. The first kappa shape index (κ1) is 12.6. The summed E-state index contributed by atoms with van der Waals surface area (Å²) in [5.74, 6) is 2.46. The van der Waals surface area contributed by atoms with E-state index in [-0.39, 0.29) is 0 Å². The number of rotatable bonds is 4. The third-order valence-corrected chi connectivity index (χ3v) is 3.65. The van der Waals surface area contributed by atoms with Crippen LogP contribution in [-0.4, -0.2) is 35.6 Å². The van der Waals surface area contributed by atoms with Crippen molar-refractivity contribution in [1.82, 2.24) is 15.2 Å². The average molecular weight is 237 g/mol. The van der Waals surface area contributed by atoms with Crippen LogP contribution < -0.4 is 5.32 Å². The summed E-state index contributed by atoms with van der Waals surface area (Å²) in [4.78, 5) is 6.70. The molecule has 0 aromatic carbocycles. The Balaban J connectivity index is 1.89. The summed E-state index contributed by atoms with van der Waals surface area (Å²) in [6.07, 6.45) is 3.02. The molecule has 2 atom stereocenters. The van der Waals surface area contributed by atoms with Crippen LogP contribution in [0.1, 0.15) is 31.9 Å². The lowest BCUT2D eigenvalue weighted by atomic mass is 9.97. The van der Waals surface area contributed by atoms with Crippen molar-refractivity contribution in [2.75, 3.05) is 19.6 Å². The van der Waals surface area contributed by atoms with Crippen LogP contribution in [0, 0.1) is 12.8 Å². The summed E-state index contributed by atoms with van der Waals surface area (Å²) >= 11 is 0. The van der Waals surface area contributed by atoms with Crippen molar-refractivity contribution in [1.29, 1.82) is 0 Å². The molecule has 96 valence electrons. The molecule has 0 spiro atoms. The minimum Gasteiger partial charge on any atom is -0.445 e. The highest BCUT2D eigenvalue weighted by Crippen LogP contribution is 2.14. The first-order valence-corrected chi connectivity index (χ1v) is 6.56. The van der Waals surface area contributed by atoms with Gasteiger partial charge in [0, 0.05) is 25.7 Å². The van der Waals surface area contributed by atoms with Gasteiger partial charge < -0.3 is 9.73 Å². The molecule has 1 fully saturated rings. The van der Waals surface area contributed by atoms with Crippen LogP contribution in [0.5, 0.6) is 0 Å². The number of aromatic nitrogens is 1. The van der Waals surface area contributed by atoms with E-state index in [2.05, 4.69) is 29.0 Å². The number of oxazole rings is 1. The molecule has 1 aliphatic rings. The molecule has 1 aromatic heterocycles. The van der Waals surface area contributed by atoms with Gasteiger partial charge in [-0.1, -0.05) is 20.3 Å². The van der Waals surface area contributed by atoms with E-state index in [4.69, 9.17) is 4.42 Å². The van der Waals surface area contributed by atoms with Crippen LogP contribution in [0.2, 0.25) is 0 Å². The van der Waals surface area contributed by atoms with Crippen molar-refractivity contribution in [2.45, 2.75) is 39.8 Å². The second-order valence-corrected chi connectivity index (χ2v) is 5.05. The molecule has 2 unspecified atom stereocenters. The molecule has 1 aliphatic heterocycles. The topological polar surface area (TPSA) is 41.3 Å². The Kier molecular flexibility index (Phi) is 4.18. The Morgan fingerprint density at radius 2 is 2.47 bits per heavy atom. The zero-order chi connectivity index (χ0) is 12.3. The van der Waals surface area contributed by atoms with Crippen molar-refractivity contribution in [2.24, 2.45) is 5.92 Å². The van der Waals surface area contributed by atoms with Gasteiger partial charge in [0.1, 0.15) is 5.76 Å². The third kappa shape index (κ3) is 3.30. The summed E-state index contributed by atoms with van der Waals surface area (Å²) in [7, 11) is 0. The molecule has 0 saturated carbocycles. The molecule has 2 rings (SSSR count). The lowest BCUT2D eigenvalue weighted by Crippen LogP contribution is -2.52. The first-order chi connectivity index (χ1) is 8.19. The molecule has 2 heterocycles. The molecule has 1 saturated heterocycles. The summed E-state index contributed by atoms with van der Waals surface area (Å²) < 4.78 is 5.54. The summed E-state index contributed by atoms with van der Waals surface area (Å²) in [5.41, 5.74) is 0. The van der Waals surface area contributed by atoms with E-state index >= 15 is 0 Å². The van der Waals surface area contributed by atoms with E-state index in [1.807, 2.05) is 6.92 Å². The number of nitrogens with one attached hydrogen (secondary N) is 1. The van der Waals surface area contributed by atoms with E-state index < -0.39 is 0 Å². The van der Waals surface area contributed by atoms with Gasteiger partial charge in [0.05, 0.1) is 12.7 Å². The minimum atomic E-state index is 0.602. The van der Waals surface area contributed by atoms with Gasteiger partial charge in [-0.05, 0) is 12.8 Å². The first-order valence-electron chi connectivity index (χ1n) is 6.56. The van der Waals surface area contributed by atoms with Gasteiger partial charge in [0.25, 0.3) is 0 Å². The fraction of sp³-hybridized carbons (Fsp3) is 0.769. The van der Waals surface area contributed by atoms with Gasteiger partial charge in [-0.3, -0.25) is 4.90 Å². The fourth-order valence-corrected chi connectivity index (χ4v) is 2.32. The average Bonchev–Trinajstić information content (AvgIpc) is 2.74. The zero-order valence-corrected chi connectivity index (χ0v) is 11.1. The SMILES string of the molecule is CCC(C)C1CN(Cc2ncc(C)o2)CCN1. The predicted molar refractivity (Wildman–Crippen MR) is 67.8 cm³/mol.